The third-order valence-electron chi connectivity index (χ3n) is 3.19. The summed E-state index contributed by atoms with van der Waals surface area (Å²) in [4.78, 5) is 0. The van der Waals surface area contributed by atoms with Gasteiger partial charge in [0.1, 0.15) is 0 Å². The lowest BCUT2D eigenvalue weighted by atomic mass is 10.1. The average molecular weight is 351 g/mol. The van der Waals surface area contributed by atoms with Gasteiger partial charge in [0.2, 0.25) is 0 Å². The molecule has 0 heterocycles. The summed E-state index contributed by atoms with van der Waals surface area (Å²) in [6.45, 7) is 0.788. The average Bonchev–Trinajstić information content (AvgIpc) is 2.50. The maximum Gasteiger partial charge on any atom is 0.160 e. The minimum absolute atomic E-state index is 0.741. The molecule has 0 saturated heterocycles. The Bertz CT molecular complexity index is 617. The summed E-state index contributed by atoms with van der Waals surface area (Å²) >= 11 is 3.44. The summed E-state index contributed by atoms with van der Waals surface area (Å²) in [6, 6.07) is 11.7. The van der Waals surface area contributed by atoms with Crippen LogP contribution in [0.15, 0.2) is 40.9 Å². The largest absolute Gasteiger partial charge is 0.493 e. The van der Waals surface area contributed by atoms with Gasteiger partial charge in [0, 0.05) is 11.0 Å². The second kappa shape index (κ2) is 7.22. The zero-order valence-electron chi connectivity index (χ0n) is 12.2. The molecule has 3 N–H and O–H groups in total. The lowest BCUT2D eigenvalue weighted by Gasteiger charge is -2.12. The minimum atomic E-state index is 0.741. The predicted molar refractivity (Wildman–Crippen MR) is 90.3 cm³/mol. The maximum absolute atomic E-state index is 5.93. The molecule has 2 aromatic carbocycles. The SMILES string of the molecule is COc1ccc(CCNc2cc(Br)ccc2N)cc1OC. The van der Waals surface area contributed by atoms with E-state index in [-0.39, 0.29) is 0 Å². The van der Waals surface area contributed by atoms with Gasteiger partial charge >= 0.3 is 0 Å². The summed E-state index contributed by atoms with van der Waals surface area (Å²) in [5, 5.41) is 3.34. The van der Waals surface area contributed by atoms with Crippen LogP contribution in [-0.4, -0.2) is 20.8 Å². The van der Waals surface area contributed by atoms with Crippen molar-refractivity contribution in [1.82, 2.24) is 0 Å². The van der Waals surface area contributed by atoms with Crippen molar-refractivity contribution in [2.75, 3.05) is 31.8 Å². The molecule has 0 aliphatic carbocycles. The van der Waals surface area contributed by atoms with E-state index in [1.165, 1.54) is 5.56 Å². The van der Waals surface area contributed by atoms with E-state index in [2.05, 4.69) is 21.2 Å². The zero-order chi connectivity index (χ0) is 15.2. The van der Waals surface area contributed by atoms with E-state index in [0.29, 0.717) is 0 Å². The van der Waals surface area contributed by atoms with Crippen LogP contribution in [0, 0.1) is 0 Å². The van der Waals surface area contributed by atoms with Crippen LogP contribution in [0.25, 0.3) is 0 Å². The fourth-order valence-corrected chi connectivity index (χ4v) is 2.42. The van der Waals surface area contributed by atoms with Gasteiger partial charge < -0.3 is 20.5 Å². The molecule has 0 radical (unpaired) electrons. The fraction of sp³-hybridized carbons (Fsp3) is 0.250. The highest BCUT2D eigenvalue weighted by molar-refractivity contribution is 9.10. The number of hydrogen-bond donors (Lipinski definition) is 2. The van der Waals surface area contributed by atoms with Crippen molar-refractivity contribution >= 4 is 27.3 Å². The van der Waals surface area contributed by atoms with Gasteiger partial charge in [-0.05, 0) is 42.3 Å². The number of halogens is 1. The molecule has 2 rings (SSSR count). The monoisotopic (exact) mass is 350 g/mol. The topological polar surface area (TPSA) is 56.5 Å². The van der Waals surface area contributed by atoms with Gasteiger partial charge in [-0.3, -0.25) is 0 Å². The highest BCUT2D eigenvalue weighted by Crippen LogP contribution is 2.28. The molecule has 0 spiro atoms. The first-order chi connectivity index (χ1) is 10.1. The van der Waals surface area contributed by atoms with Crippen molar-refractivity contribution < 1.29 is 9.47 Å². The first kappa shape index (κ1) is 15.5. The Kier molecular flexibility index (Phi) is 5.33. The predicted octanol–water partition coefficient (Wildman–Crippen LogP) is 3.70. The van der Waals surface area contributed by atoms with Crippen LogP contribution in [0.4, 0.5) is 11.4 Å². The standard InChI is InChI=1S/C16H19BrN2O2/c1-20-15-6-3-11(9-16(15)21-2)7-8-19-14-10-12(17)4-5-13(14)18/h3-6,9-10,19H,7-8,18H2,1-2H3. The van der Waals surface area contributed by atoms with E-state index in [4.69, 9.17) is 15.2 Å². The molecule has 4 nitrogen and oxygen atoms in total. The third-order valence-corrected chi connectivity index (χ3v) is 3.69. The van der Waals surface area contributed by atoms with Crippen molar-refractivity contribution in [3.05, 3.63) is 46.4 Å². The molecule has 0 unspecified atom stereocenters. The normalized spacial score (nSPS) is 10.2. The third kappa shape index (κ3) is 4.04. The van der Waals surface area contributed by atoms with Crippen LogP contribution in [0.3, 0.4) is 0 Å². The Labute approximate surface area is 133 Å². The molecule has 2 aromatic rings. The summed E-state index contributed by atoms with van der Waals surface area (Å²) in [6.07, 6.45) is 0.867. The van der Waals surface area contributed by atoms with Gasteiger partial charge in [0.25, 0.3) is 0 Å². The van der Waals surface area contributed by atoms with Gasteiger partial charge in [-0.2, -0.15) is 0 Å². The number of nitrogen functional groups attached to an aromatic ring is 1. The smallest absolute Gasteiger partial charge is 0.160 e. The Hall–Kier alpha value is -1.88. The highest BCUT2D eigenvalue weighted by atomic mass is 79.9. The Morgan fingerprint density at radius 3 is 2.52 bits per heavy atom. The van der Waals surface area contributed by atoms with Crippen molar-refractivity contribution in [1.29, 1.82) is 0 Å². The number of benzene rings is 2. The van der Waals surface area contributed by atoms with Crippen molar-refractivity contribution in [3.8, 4) is 11.5 Å². The summed E-state index contributed by atoms with van der Waals surface area (Å²) in [5.74, 6) is 1.49. The van der Waals surface area contributed by atoms with E-state index in [1.54, 1.807) is 14.2 Å². The molecular formula is C16H19BrN2O2. The summed E-state index contributed by atoms with van der Waals surface area (Å²) < 4.78 is 11.5. The number of rotatable bonds is 6. The second-order valence-electron chi connectivity index (χ2n) is 4.60. The second-order valence-corrected chi connectivity index (χ2v) is 5.51. The number of methoxy groups -OCH3 is 2. The molecule has 0 atom stereocenters. The Morgan fingerprint density at radius 1 is 1.05 bits per heavy atom. The lowest BCUT2D eigenvalue weighted by Crippen LogP contribution is -2.07. The molecule has 0 aliphatic rings. The first-order valence-corrected chi connectivity index (χ1v) is 7.43. The molecule has 5 heteroatoms. The van der Waals surface area contributed by atoms with Crippen molar-refractivity contribution in [2.24, 2.45) is 0 Å². The van der Waals surface area contributed by atoms with Crippen LogP contribution in [-0.2, 0) is 6.42 Å². The molecule has 0 aliphatic heterocycles. The molecule has 0 fully saturated rings. The van der Waals surface area contributed by atoms with Gasteiger partial charge in [-0.1, -0.05) is 22.0 Å². The molecule has 112 valence electrons. The molecule has 21 heavy (non-hydrogen) atoms. The van der Waals surface area contributed by atoms with E-state index in [0.717, 1.165) is 40.3 Å². The van der Waals surface area contributed by atoms with Crippen LogP contribution in [0.2, 0.25) is 0 Å². The highest BCUT2D eigenvalue weighted by Gasteiger charge is 2.05. The van der Waals surface area contributed by atoms with Crippen molar-refractivity contribution in [2.45, 2.75) is 6.42 Å². The number of hydrogen-bond acceptors (Lipinski definition) is 4. The van der Waals surface area contributed by atoms with Gasteiger partial charge in [0.15, 0.2) is 11.5 Å². The quantitative estimate of drug-likeness (QED) is 0.779. The van der Waals surface area contributed by atoms with Gasteiger partial charge in [0.05, 0.1) is 25.6 Å². The van der Waals surface area contributed by atoms with Crippen LogP contribution >= 0.6 is 15.9 Å². The maximum atomic E-state index is 5.93. The Morgan fingerprint density at radius 2 is 1.81 bits per heavy atom. The number of nitrogens with two attached hydrogens (primary N) is 1. The molecule has 0 amide bonds. The minimum Gasteiger partial charge on any atom is -0.493 e. The first-order valence-electron chi connectivity index (χ1n) is 6.64. The summed E-state index contributed by atoms with van der Waals surface area (Å²) in [5.41, 5.74) is 8.78. The van der Waals surface area contributed by atoms with Crippen LogP contribution < -0.4 is 20.5 Å². The van der Waals surface area contributed by atoms with E-state index < -0.39 is 0 Å². The summed E-state index contributed by atoms with van der Waals surface area (Å²) in [7, 11) is 3.27. The van der Waals surface area contributed by atoms with Crippen LogP contribution in [0.1, 0.15) is 5.56 Å². The number of nitrogens with one attached hydrogen (secondary N) is 1. The fourth-order valence-electron chi connectivity index (χ4n) is 2.06. The molecule has 0 saturated carbocycles. The van der Waals surface area contributed by atoms with Gasteiger partial charge in [-0.25, -0.2) is 0 Å². The molecular weight excluding hydrogens is 332 g/mol. The molecule has 0 bridgehead atoms. The lowest BCUT2D eigenvalue weighted by molar-refractivity contribution is 0.354. The van der Waals surface area contributed by atoms with E-state index in [1.807, 2.05) is 36.4 Å². The Balaban J connectivity index is 1.98. The molecule has 0 aromatic heterocycles. The van der Waals surface area contributed by atoms with E-state index in [9.17, 15) is 0 Å². The van der Waals surface area contributed by atoms with Gasteiger partial charge in [-0.15, -0.1) is 0 Å². The van der Waals surface area contributed by atoms with Crippen LogP contribution in [0.5, 0.6) is 11.5 Å². The number of ether oxygens (including phenoxy) is 2. The van der Waals surface area contributed by atoms with E-state index >= 15 is 0 Å². The van der Waals surface area contributed by atoms with Crippen molar-refractivity contribution in [3.63, 3.8) is 0 Å². The number of anilines is 2. The zero-order valence-corrected chi connectivity index (χ0v) is 13.7.